The Morgan fingerprint density at radius 1 is 1.23 bits per heavy atom. The quantitative estimate of drug-likeness (QED) is 0.584. The van der Waals surface area contributed by atoms with Crippen molar-refractivity contribution in [2.24, 2.45) is 0 Å². The molecular weight excluding hydrogens is 366 g/mol. The summed E-state index contributed by atoms with van der Waals surface area (Å²) in [6.07, 6.45) is 2.57. The molecule has 10 heteroatoms. The third-order valence-corrected chi connectivity index (χ3v) is 3.46. The number of aromatic nitrogens is 2. The standard InChI is InChI=1S/C16H16ClN3O6/c1-8(2)26-14-10(17)6-9(7-12(14)25-3)4-5-11-13(20(23)24)15(21)19-16(22)18-11/h4-8H,1-3H3,(H2,18,19,21,22)/b5-4+. The molecule has 0 aliphatic rings. The molecule has 0 atom stereocenters. The van der Waals surface area contributed by atoms with E-state index in [0.29, 0.717) is 17.1 Å². The van der Waals surface area contributed by atoms with Gasteiger partial charge in [-0.15, -0.1) is 0 Å². The zero-order chi connectivity index (χ0) is 19.4. The van der Waals surface area contributed by atoms with E-state index in [-0.39, 0.29) is 16.8 Å². The Bertz CT molecular complexity index is 977. The number of aromatic amines is 2. The third-order valence-electron chi connectivity index (χ3n) is 3.18. The fourth-order valence-electron chi connectivity index (χ4n) is 2.16. The number of rotatable bonds is 6. The van der Waals surface area contributed by atoms with Crippen molar-refractivity contribution < 1.29 is 14.4 Å². The number of hydrogen-bond donors (Lipinski definition) is 2. The lowest BCUT2D eigenvalue weighted by Crippen LogP contribution is -2.25. The number of methoxy groups -OCH3 is 1. The van der Waals surface area contributed by atoms with Crippen molar-refractivity contribution in [3.05, 3.63) is 59.4 Å². The highest BCUT2D eigenvalue weighted by Crippen LogP contribution is 2.37. The van der Waals surface area contributed by atoms with Crippen molar-refractivity contribution in [3.8, 4) is 11.5 Å². The van der Waals surface area contributed by atoms with Crippen LogP contribution in [0.2, 0.25) is 5.02 Å². The first kappa shape index (κ1) is 19.3. The molecular formula is C16H16ClN3O6. The molecule has 0 bridgehead atoms. The van der Waals surface area contributed by atoms with Gasteiger partial charge in [-0.3, -0.25) is 19.9 Å². The Balaban J connectivity index is 2.50. The summed E-state index contributed by atoms with van der Waals surface area (Å²) in [6.45, 7) is 3.68. The maximum absolute atomic E-state index is 11.6. The van der Waals surface area contributed by atoms with Gasteiger partial charge in [0.25, 0.3) is 0 Å². The van der Waals surface area contributed by atoms with E-state index in [4.69, 9.17) is 21.1 Å². The van der Waals surface area contributed by atoms with Gasteiger partial charge in [0.2, 0.25) is 0 Å². The van der Waals surface area contributed by atoms with Crippen LogP contribution < -0.4 is 20.7 Å². The van der Waals surface area contributed by atoms with Crippen LogP contribution in [0.15, 0.2) is 21.7 Å². The Hall–Kier alpha value is -3.07. The maximum Gasteiger partial charge on any atom is 0.357 e. The topological polar surface area (TPSA) is 127 Å². The van der Waals surface area contributed by atoms with Gasteiger partial charge in [-0.05, 0) is 37.6 Å². The lowest BCUT2D eigenvalue weighted by atomic mass is 10.1. The fraction of sp³-hybridized carbons (Fsp3) is 0.250. The molecule has 2 aromatic rings. The predicted octanol–water partition coefficient (Wildman–Crippen LogP) is 2.59. The van der Waals surface area contributed by atoms with Crippen LogP contribution in [0.1, 0.15) is 25.1 Å². The molecule has 0 unspecified atom stereocenters. The zero-order valence-electron chi connectivity index (χ0n) is 14.2. The molecule has 0 fully saturated rings. The van der Waals surface area contributed by atoms with E-state index in [2.05, 4.69) is 4.98 Å². The highest BCUT2D eigenvalue weighted by atomic mass is 35.5. The van der Waals surface area contributed by atoms with Gasteiger partial charge in [-0.25, -0.2) is 4.79 Å². The molecule has 0 aliphatic heterocycles. The molecule has 0 saturated carbocycles. The zero-order valence-corrected chi connectivity index (χ0v) is 14.9. The first-order valence-electron chi connectivity index (χ1n) is 7.46. The van der Waals surface area contributed by atoms with Crippen molar-refractivity contribution in [2.75, 3.05) is 7.11 Å². The largest absolute Gasteiger partial charge is 0.493 e. The van der Waals surface area contributed by atoms with Crippen molar-refractivity contribution in [1.29, 1.82) is 0 Å². The number of halogens is 1. The van der Waals surface area contributed by atoms with Gasteiger partial charge in [0.15, 0.2) is 11.5 Å². The molecule has 9 nitrogen and oxygen atoms in total. The normalized spacial score (nSPS) is 11.1. The summed E-state index contributed by atoms with van der Waals surface area (Å²) >= 11 is 6.21. The van der Waals surface area contributed by atoms with Crippen LogP contribution in [0.25, 0.3) is 12.2 Å². The summed E-state index contributed by atoms with van der Waals surface area (Å²) in [7, 11) is 1.45. The number of ether oxygens (including phenoxy) is 2. The number of H-pyrrole nitrogens is 2. The Kier molecular flexibility index (Phi) is 5.83. The molecule has 0 amide bonds. The molecule has 26 heavy (non-hydrogen) atoms. The van der Waals surface area contributed by atoms with Crippen molar-refractivity contribution in [3.63, 3.8) is 0 Å². The van der Waals surface area contributed by atoms with Crippen LogP contribution in [-0.2, 0) is 0 Å². The van der Waals surface area contributed by atoms with Crippen molar-refractivity contribution in [1.82, 2.24) is 9.97 Å². The summed E-state index contributed by atoms with van der Waals surface area (Å²) in [5, 5.41) is 11.3. The fourth-order valence-corrected chi connectivity index (χ4v) is 2.43. The van der Waals surface area contributed by atoms with E-state index in [0.717, 1.165) is 0 Å². The van der Waals surface area contributed by atoms with Gasteiger partial charge in [-0.2, -0.15) is 0 Å². The first-order chi connectivity index (χ1) is 12.2. The van der Waals surface area contributed by atoms with E-state index in [1.807, 2.05) is 18.8 Å². The van der Waals surface area contributed by atoms with E-state index >= 15 is 0 Å². The van der Waals surface area contributed by atoms with Crippen molar-refractivity contribution >= 4 is 29.4 Å². The van der Waals surface area contributed by atoms with E-state index in [9.17, 15) is 19.7 Å². The van der Waals surface area contributed by atoms with Gasteiger partial charge in [0.1, 0.15) is 5.69 Å². The second kappa shape index (κ2) is 7.87. The monoisotopic (exact) mass is 381 g/mol. The molecule has 0 spiro atoms. The van der Waals surface area contributed by atoms with Crippen LogP contribution in [0, 0.1) is 10.1 Å². The van der Waals surface area contributed by atoms with E-state index < -0.39 is 21.9 Å². The number of nitrogens with one attached hydrogen (secondary N) is 2. The molecule has 0 aliphatic carbocycles. The summed E-state index contributed by atoms with van der Waals surface area (Å²) < 4.78 is 10.9. The summed E-state index contributed by atoms with van der Waals surface area (Å²) in [4.78, 5) is 37.2. The molecule has 0 radical (unpaired) electrons. The average molecular weight is 382 g/mol. The number of benzene rings is 1. The molecule has 1 aromatic carbocycles. The Morgan fingerprint density at radius 3 is 2.50 bits per heavy atom. The van der Waals surface area contributed by atoms with Crippen molar-refractivity contribution in [2.45, 2.75) is 20.0 Å². The third kappa shape index (κ3) is 4.31. The summed E-state index contributed by atoms with van der Waals surface area (Å²) in [5.41, 5.74) is -2.41. The van der Waals surface area contributed by atoms with E-state index in [1.54, 1.807) is 12.1 Å². The maximum atomic E-state index is 11.6. The van der Waals surface area contributed by atoms with Crippen LogP contribution in [0.3, 0.4) is 0 Å². The summed E-state index contributed by atoms with van der Waals surface area (Å²) in [6, 6.07) is 3.17. The Labute approximate surface area is 152 Å². The Morgan fingerprint density at radius 2 is 1.92 bits per heavy atom. The van der Waals surface area contributed by atoms with Crippen LogP contribution in [-0.4, -0.2) is 28.1 Å². The molecule has 138 valence electrons. The number of hydrogen-bond acceptors (Lipinski definition) is 6. The van der Waals surface area contributed by atoms with Gasteiger partial charge in [-0.1, -0.05) is 17.7 Å². The molecule has 2 N–H and O–H groups in total. The first-order valence-corrected chi connectivity index (χ1v) is 7.84. The molecule has 2 rings (SSSR count). The minimum atomic E-state index is -1.09. The average Bonchev–Trinajstić information content (AvgIpc) is 2.53. The SMILES string of the molecule is COc1cc(/C=C/c2[nH]c(=O)[nH]c(=O)c2[N+](=O)[O-])cc(Cl)c1OC(C)C. The second-order valence-corrected chi connectivity index (χ2v) is 5.87. The highest BCUT2D eigenvalue weighted by Gasteiger charge is 2.19. The summed E-state index contributed by atoms with van der Waals surface area (Å²) in [5.74, 6) is 0.747. The second-order valence-electron chi connectivity index (χ2n) is 5.46. The van der Waals surface area contributed by atoms with E-state index in [1.165, 1.54) is 19.3 Å². The lowest BCUT2D eigenvalue weighted by molar-refractivity contribution is -0.386. The smallest absolute Gasteiger partial charge is 0.357 e. The highest BCUT2D eigenvalue weighted by molar-refractivity contribution is 6.32. The van der Waals surface area contributed by atoms with Gasteiger partial charge in [0, 0.05) is 0 Å². The van der Waals surface area contributed by atoms with Crippen LogP contribution >= 0.6 is 11.6 Å². The van der Waals surface area contributed by atoms with Gasteiger partial charge < -0.3 is 14.5 Å². The van der Waals surface area contributed by atoms with Gasteiger partial charge in [0.05, 0.1) is 23.2 Å². The predicted molar refractivity (Wildman–Crippen MR) is 97.0 cm³/mol. The number of nitro groups is 1. The molecule has 1 aromatic heterocycles. The van der Waals surface area contributed by atoms with Gasteiger partial charge >= 0.3 is 16.9 Å². The van der Waals surface area contributed by atoms with Crippen LogP contribution in [0.4, 0.5) is 5.69 Å². The lowest BCUT2D eigenvalue weighted by Gasteiger charge is -2.15. The minimum absolute atomic E-state index is 0.119. The molecule has 0 saturated heterocycles. The van der Waals surface area contributed by atoms with Crippen LogP contribution in [0.5, 0.6) is 11.5 Å². The minimum Gasteiger partial charge on any atom is -0.493 e. The molecule has 1 heterocycles. The number of nitrogens with zero attached hydrogens (tertiary/aromatic N) is 1.